The number of alkyl halides is 3. The number of carbonyl (C=O) groups excluding carboxylic acids is 1. The molecule has 5 rings (SSSR count). The van der Waals surface area contributed by atoms with Crippen LogP contribution in [0.4, 0.5) is 13.2 Å². The molecule has 2 fully saturated rings. The second kappa shape index (κ2) is 11.1. The zero-order valence-corrected chi connectivity index (χ0v) is 21.5. The van der Waals surface area contributed by atoms with Crippen LogP contribution in [0, 0.1) is 0 Å². The molecule has 0 bridgehead atoms. The summed E-state index contributed by atoms with van der Waals surface area (Å²) in [7, 11) is 1.32. The van der Waals surface area contributed by atoms with E-state index in [0.717, 1.165) is 28.4 Å². The van der Waals surface area contributed by atoms with Crippen LogP contribution in [-0.2, 0) is 25.1 Å². The molecule has 2 aliphatic heterocycles. The number of hydrogen-bond acceptors (Lipinski definition) is 7. The third kappa shape index (κ3) is 5.24. The molecular formula is C25H22ClF3N6O5. The number of azide groups is 1. The van der Waals surface area contributed by atoms with Crippen LogP contribution < -0.4 is 5.73 Å². The molecule has 0 saturated carbocycles. The van der Waals surface area contributed by atoms with Gasteiger partial charge in [0.2, 0.25) is 0 Å². The quantitative estimate of drug-likeness (QED) is 0.250. The molecule has 0 spiro atoms. The van der Waals surface area contributed by atoms with Gasteiger partial charge in [-0.1, -0.05) is 47.0 Å². The van der Waals surface area contributed by atoms with Crippen molar-refractivity contribution in [3.63, 3.8) is 0 Å². The van der Waals surface area contributed by atoms with Crippen LogP contribution in [0.2, 0.25) is 5.02 Å². The smallest absolute Gasteiger partial charge is 0.378 e. The van der Waals surface area contributed by atoms with E-state index in [1.807, 2.05) is 18.2 Å². The minimum Gasteiger partial charge on any atom is -0.378 e. The molecular weight excluding hydrogens is 557 g/mol. The summed E-state index contributed by atoms with van der Waals surface area (Å²) in [6.45, 7) is -0.00358. The standard InChI is InChI=1S/C25H22ClF3N6O5/c1-37-22-19(32-34-31)21-18(11-38-24(40-21)12-5-3-2-4-6-12)39-20(22)17-10-15(23(30)36)33-35(17)16-9-13(26)7-8-14(16)25(27,28)29/h2-10,18-22,24H,11H2,1H3,(H2,30,36)/t18?,19-,20-,21-,22?,24?/m0/s1. The lowest BCUT2D eigenvalue weighted by Crippen LogP contribution is -2.59. The lowest BCUT2D eigenvalue weighted by molar-refractivity contribution is -0.310. The number of fused-ring (bicyclic) bond motifs is 1. The van der Waals surface area contributed by atoms with Crippen LogP contribution in [0.5, 0.6) is 0 Å². The number of nitrogens with zero attached hydrogens (tertiary/aromatic N) is 5. The zero-order valence-electron chi connectivity index (χ0n) is 20.7. The molecule has 40 heavy (non-hydrogen) atoms. The van der Waals surface area contributed by atoms with Crippen molar-refractivity contribution in [3.8, 4) is 5.69 Å². The SMILES string of the molecule is COC1[C@@H](N=[N+]=[N-])[C@H]2OC(c3ccccc3)OCC2O[C@H]1c1cc(C(N)=O)nn1-c1cc(Cl)ccc1C(F)(F)F. The fraction of sp³-hybridized carbons (Fsp3) is 0.360. The van der Waals surface area contributed by atoms with Crippen LogP contribution in [0.15, 0.2) is 59.7 Å². The first kappa shape index (κ1) is 27.9. The number of carbonyl (C=O) groups is 1. The van der Waals surface area contributed by atoms with Crippen molar-refractivity contribution in [2.45, 2.75) is 42.9 Å². The molecule has 1 amide bonds. The minimum absolute atomic E-state index is 0.00358. The van der Waals surface area contributed by atoms with Crippen molar-refractivity contribution in [2.24, 2.45) is 10.8 Å². The third-order valence-electron chi connectivity index (χ3n) is 6.66. The Kier molecular flexibility index (Phi) is 7.73. The fourth-order valence-electron chi connectivity index (χ4n) is 4.90. The molecule has 2 N–H and O–H groups in total. The van der Waals surface area contributed by atoms with Gasteiger partial charge in [-0.3, -0.25) is 4.79 Å². The first-order valence-corrected chi connectivity index (χ1v) is 12.3. The van der Waals surface area contributed by atoms with Crippen molar-refractivity contribution in [1.82, 2.24) is 9.78 Å². The largest absolute Gasteiger partial charge is 0.418 e. The summed E-state index contributed by atoms with van der Waals surface area (Å²) in [4.78, 5) is 15.0. The van der Waals surface area contributed by atoms with E-state index in [2.05, 4.69) is 15.1 Å². The summed E-state index contributed by atoms with van der Waals surface area (Å²) in [5.41, 5.74) is 13.7. The Labute approximate surface area is 230 Å². The highest BCUT2D eigenvalue weighted by atomic mass is 35.5. The maximum absolute atomic E-state index is 14.0. The highest BCUT2D eigenvalue weighted by Crippen LogP contribution is 2.43. The van der Waals surface area contributed by atoms with Crippen molar-refractivity contribution in [3.05, 3.63) is 92.6 Å². The topological polar surface area (TPSA) is 147 Å². The van der Waals surface area contributed by atoms with Gasteiger partial charge in [0.15, 0.2) is 12.0 Å². The van der Waals surface area contributed by atoms with Crippen LogP contribution in [0.3, 0.4) is 0 Å². The molecule has 3 unspecified atom stereocenters. The molecule has 3 aromatic rings. The Morgan fingerprint density at radius 3 is 2.62 bits per heavy atom. The normalized spacial score (nSPS) is 26.5. The van der Waals surface area contributed by atoms with Gasteiger partial charge in [0, 0.05) is 22.6 Å². The van der Waals surface area contributed by atoms with Gasteiger partial charge in [0.25, 0.3) is 5.91 Å². The number of amides is 1. The van der Waals surface area contributed by atoms with Crippen molar-refractivity contribution >= 4 is 17.5 Å². The fourth-order valence-corrected chi connectivity index (χ4v) is 5.07. The van der Waals surface area contributed by atoms with Crippen LogP contribution in [0.1, 0.15) is 39.7 Å². The van der Waals surface area contributed by atoms with Crippen LogP contribution >= 0.6 is 11.6 Å². The van der Waals surface area contributed by atoms with E-state index in [4.69, 9.17) is 36.3 Å². The maximum Gasteiger partial charge on any atom is 0.418 e. The molecule has 2 aliphatic rings. The van der Waals surface area contributed by atoms with Crippen molar-refractivity contribution in [2.75, 3.05) is 13.7 Å². The predicted octanol–water partition coefficient (Wildman–Crippen LogP) is 4.89. The second-order valence-corrected chi connectivity index (χ2v) is 9.49. The van der Waals surface area contributed by atoms with Crippen molar-refractivity contribution < 1.29 is 36.9 Å². The molecule has 0 radical (unpaired) electrons. The Morgan fingerprint density at radius 1 is 1.23 bits per heavy atom. The molecule has 210 valence electrons. The molecule has 1 aromatic heterocycles. The molecule has 11 nitrogen and oxygen atoms in total. The van der Waals surface area contributed by atoms with Crippen molar-refractivity contribution in [1.29, 1.82) is 0 Å². The average molecular weight is 579 g/mol. The Morgan fingerprint density at radius 2 is 1.98 bits per heavy atom. The second-order valence-electron chi connectivity index (χ2n) is 9.06. The van der Waals surface area contributed by atoms with Gasteiger partial charge >= 0.3 is 6.18 Å². The highest BCUT2D eigenvalue weighted by molar-refractivity contribution is 6.30. The summed E-state index contributed by atoms with van der Waals surface area (Å²) >= 11 is 6.06. The van der Waals surface area contributed by atoms with Gasteiger partial charge in [0.1, 0.15) is 24.4 Å². The highest BCUT2D eigenvalue weighted by Gasteiger charge is 2.51. The Hall–Kier alpha value is -3.65. The number of primary amides is 1. The van der Waals surface area contributed by atoms with Gasteiger partial charge in [-0.25, -0.2) is 4.68 Å². The Bertz CT molecular complexity index is 1450. The number of ether oxygens (including phenoxy) is 4. The van der Waals surface area contributed by atoms with E-state index in [1.54, 1.807) is 12.1 Å². The summed E-state index contributed by atoms with van der Waals surface area (Å²) in [6.07, 6.45) is -9.50. The number of aromatic nitrogens is 2. The van der Waals surface area contributed by atoms with E-state index < -0.39 is 60.1 Å². The molecule has 2 saturated heterocycles. The molecule has 6 atom stereocenters. The van der Waals surface area contributed by atoms with Gasteiger partial charge in [-0.2, -0.15) is 18.3 Å². The summed E-state index contributed by atoms with van der Waals surface area (Å²) in [5.74, 6) is -0.986. The van der Waals surface area contributed by atoms with E-state index in [0.29, 0.717) is 0 Å². The number of nitrogens with two attached hydrogens (primary N) is 1. The first-order chi connectivity index (χ1) is 19.1. The van der Waals surface area contributed by atoms with E-state index in [9.17, 15) is 23.5 Å². The monoisotopic (exact) mass is 578 g/mol. The summed E-state index contributed by atoms with van der Waals surface area (Å²) in [5, 5.41) is 7.95. The van der Waals surface area contributed by atoms with Crippen LogP contribution in [-0.4, -0.2) is 53.8 Å². The number of rotatable bonds is 6. The first-order valence-electron chi connectivity index (χ1n) is 11.9. The minimum atomic E-state index is -4.79. The third-order valence-corrected chi connectivity index (χ3v) is 6.89. The average Bonchev–Trinajstić information content (AvgIpc) is 3.38. The predicted molar refractivity (Wildman–Crippen MR) is 133 cm³/mol. The molecule has 0 aliphatic carbocycles. The molecule has 15 heteroatoms. The maximum atomic E-state index is 14.0. The Balaban J connectivity index is 1.60. The van der Waals surface area contributed by atoms with E-state index >= 15 is 0 Å². The molecule has 3 heterocycles. The lowest BCUT2D eigenvalue weighted by Gasteiger charge is -2.48. The van der Waals surface area contributed by atoms with Gasteiger partial charge in [0.05, 0.1) is 29.6 Å². The molecule has 2 aromatic carbocycles. The van der Waals surface area contributed by atoms with Gasteiger partial charge < -0.3 is 24.7 Å². The zero-order chi connectivity index (χ0) is 28.6. The number of hydrogen-bond donors (Lipinski definition) is 1. The lowest BCUT2D eigenvalue weighted by atomic mass is 9.90. The number of methoxy groups -OCH3 is 1. The summed E-state index contributed by atoms with van der Waals surface area (Å²) < 4.78 is 66.8. The summed E-state index contributed by atoms with van der Waals surface area (Å²) in [6, 6.07) is 12.2. The van der Waals surface area contributed by atoms with Gasteiger partial charge in [-0.05, 0) is 29.8 Å². The van der Waals surface area contributed by atoms with Gasteiger partial charge in [-0.15, -0.1) is 0 Å². The van der Waals surface area contributed by atoms with Crippen LogP contribution in [0.25, 0.3) is 16.1 Å². The van der Waals surface area contributed by atoms with E-state index in [-0.39, 0.29) is 23.0 Å². The van der Waals surface area contributed by atoms with E-state index in [1.165, 1.54) is 13.2 Å². The number of halogens is 4. The number of benzene rings is 2.